The number of carbonyl (C=O) groups excluding carboxylic acids is 1. The van der Waals surface area contributed by atoms with Crippen molar-refractivity contribution in [3.05, 3.63) is 52.1 Å². The molecule has 0 radical (unpaired) electrons. The number of methoxy groups -OCH3 is 1. The third kappa shape index (κ3) is 4.12. The fourth-order valence-electron chi connectivity index (χ4n) is 1.65. The maximum atomic E-state index is 11.9. The van der Waals surface area contributed by atoms with Gasteiger partial charge in [-0.3, -0.25) is 4.79 Å². The van der Waals surface area contributed by atoms with Crippen molar-refractivity contribution in [1.82, 2.24) is 0 Å². The number of benzene rings is 2. The van der Waals surface area contributed by atoms with Crippen LogP contribution in [0.3, 0.4) is 0 Å². The monoisotopic (exact) mass is 382 g/mol. The maximum Gasteiger partial charge on any atom is 0.243 e. The zero-order chi connectivity index (χ0) is 14.4. The van der Waals surface area contributed by atoms with Crippen molar-refractivity contribution in [1.29, 1.82) is 0 Å². The summed E-state index contributed by atoms with van der Waals surface area (Å²) in [6, 6.07) is 15.1. The third-order valence-electron chi connectivity index (χ3n) is 2.69. The molecule has 0 aliphatic heterocycles. The van der Waals surface area contributed by atoms with Gasteiger partial charge in [0.25, 0.3) is 0 Å². The standard InChI is InChI=1S/C15H15IN2O2/c1-20-12-8-6-11(7-9-12)17-10-15(19)18-14-5-3-2-4-13(14)16/h2-9,17H,10H2,1H3,(H,18,19). The van der Waals surface area contributed by atoms with Gasteiger partial charge >= 0.3 is 0 Å². The molecule has 104 valence electrons. The van der Waals surface area contributed by atoms with Gasteiger partial charge < -0.3 is 15.4 Å². The van der Waals surface area contributed by atoms with E-state index in [-0.39, 0.29) is 12.5 Å². The first-order chi connectivity index (χ1) is 9.69. The quantitative estimate of drug-likeness (QED) is 0.780. The zero-order valence-electron chi connectivity index (χ0n) is 11.0. The van der Waals surface area contributed by atoms with Crippen LogP contribution < -0.4 is 15.4 Å². The summed E-state index contributed by atoms with van der Waals surface area (Å²) in [6.07, 6.45) is 0. The molecule has 2 aromatic rings. The summed E-state index contributed by atoms with van der Waals surface area (Å²) in [5.74, 6) is 0.712. The van der Waals surface area contributed by atoms with Gasteiger partial charge in [0, 0.05) is 9.26 Å². The number of ether oxygens (including phenoxy) is 1. The van der Waals surface area contributed by atoms with Crippen LogP contribution in [0.5, 0.6) is 5.75 Å². The van der Waals surface area contributed by atoms with Crippen molar-refractivity contribution in [2.45, 2.75) is 0 Å². The lowest BCUT2D eigenvalue weighted by Gasteiger charge is -2.09. The van der Waals surface area contributed by atoms with Gasteiger partial charge in [0.05, 0.1) is 19.3 Å². The summed E-state index contributed by atoms with van der Waals surface area (Å²) >= 11 is 2.19. The fourth-order valence-corrected chi connectivity index (χ4v) is 2.17. The lowest BCUT2D eigenvalue weighted by atomic mass is 10.3. The summed E-state index contributed by atoms with van der Waals surface area (Å²) < 4.78 is 6.10. The van der Waals surface area contributed by atoms with Gasteiger partial charge in [-0.2, -0.15) is 0 Å². The molecular weight excluding hydrogens is 367 g/mol. The molecule has 4 nitrogen and oxygen atoms in total. The minimum absolute atomic E-state index is 0.0788. The molecule has 2 rings (SSSR count). The lowest BCUT2D eigenvalue weighted by Crippen LogP contribution is -2.22. The summed E-state index contributed by atoms with van der Waals surface area (Å²) in [7, 11) is 1.62. The predicted molar refractivity (Wildman–Crippen MR) is 89.3 cm³/mol. The number of hydrogen-bond donors (Lipinski definition) is 2. The van der Waals surface area contributed by atoms with E-state index < -0.39 is 0 Å². The summed E-state index contributed by atoms with van der Waals surface area (Å²) in [4.78, 5) is 11.9. The smallest absolute Gasteiger partial charge is 0.243 e. The second kappa shape index (κ2) is 7.14. The number of halogens is 1. The Morgan fingerprint density at radius 1 is 1.15 bits per heavy atom. The highest BCUT2D eigenvalue weighted by Crippen LogP contribution is 2.17. The number of anilines is 2. The van der Waals surface area contributed by atoms with Gasteiger partial charge in [0.2, 0.25) is 5.91 Å². The molecule has 0 atom stereocenters. The highest BCUT2D eigenvalue weighted by Gasteiger charge is 2.04. The summed E-state index contributed by atoms with van der Waals surface area (Å²) in [6.45, 7) is 0.220. The number of hydrogen-bond acceptors (Lipinski definition) is 3. The van der Waals surface area contributed by atoms with E-state index in [9.17, 15) is 4.79 Å². The molecule has 0 aromatic heterocycles. The van der Waals surface area contributed by atoms with Crippen molar-refractivity contribution < 1.29 is 9.53 Å². The second-order valence-electron chi connectivity index (χ2n) is 4.11. The molecule has 0 saturated heterocycles. The zero-order valence-corrected chi connectivity index (χ0v) is 13.2. The largest absolute Gasteiger partial charge is 0.497 e. The first kappa shape index (κ1) is 14.6. The minimum Gasteiger partial charge on any atom is -0.497 e. The normalized spacial score (nSPS) is 9.90. The van der Waals surface area contributed by atoms with E-state index in [1.54, 1.807) is 7.11 Å². The number of amides is 1. The molecule has 0 unspecified atom stereocenters. The molecule has 2 aromatic carbocycles. The molecule has 1 amide bonds. The Balaban J connectivity index is 1.87. The Hall–Kier alpha value is -1.76. The van der Waals surface area contributed by atoms with Gasteiger partial charge in [-0.25, -0.2) is 0 Å². The van der Waals surface area contributed by atoms with Crippen LogP contribution in [-0.4, -0.2) is 19.6 Å². The van der Waals surface area contributed by atoms with Crippen LogP contribution >= 0.6 is 22.6 Å². The van der Waals surface area contributed by atoms with Crippen LogP contribution in [0.4, 0.5) is 11.4 Å². The van der Waals surface area contributed by atoms with E-state index in [2.05, 4.69) is 33.2 Å². The number of carbonyl (C=O) groups is 1. The molecule has 20 heavy (non-hydrogen) atoms. The molecule has 0 spiro atoms. The van der Waals surface area contributed by atoms with Gasteiger partial charge in [-0.05, 0) is 59.0 Å². The molecule has 2 N–H and O–H groups in total. The number of nitrogens with one attached hydrogen (secondary N) is 2. The van der Waals surface area contributed by atoms with Crippen LogP contribution in [-0.2, 0) is 4.79 Å². The van der Waals surface area contributed by atoms with E-state index in [1.807, 2.05) is 48.5 Å². The second-order valence-corrected chi connectivity index (χ2v) is 5.27. The Morgan fingerprint density at radius 3 is 2.50 bits per heavy atom. The highest BCUT2D eigenvalue weighted by atomic mass is 127. The first-order valence-corrected chi connectivity index (χ1v) is 7.19. The van der Waals surface area contributed by atoms with Crippen LogP contribution in [0, 0.1) is 3.57 Å². The van der Waals surface area contributed by atoms with Gasteiger partial charge in [0.15, 0.2) is 0 Å². The van der Waals surface area contributed by atoms with E-state index >= 15 is 0 Å². The van der Waals surface area contributed by atoms with Crippen LogP contribution in [0.2, 0.25) is 0 Å². The predicted octanol–water partition coefficient (Wildman–Crippen LogP) is 3.35. The first-order valence-electron chi connectivity index (χ1n) is 6.11. The molecule has 0 heterocycles. The van der Waals surface area contributed by atoms with Crippen molar-refractivity contribution >= 4 is 39.9 Å². The lowest BCUT2D eigenvalue weighted by molar-refractivity contribution is -0.114. The average Bonchev–Trinajstić information content (AvgIpc) is 2.48. The van der Waals surface area contributed by atoms with E-state index in [4.69, 9.17) is 4.74 Å². The van der Waals surface area contributed by atoms with Crippen molar-refractivity contribution in [2.24, 2.45) is 0 Å². The van der Waals surface area contributed by atoms with Crippen molar-refractivity contribution in [2.75, 3.05) is 24.3 Å². The fraction of sp³-hybridized carbons (Fsp3) is 0.133. The highest BCUT2D eigenvalue weighted by molar-refractivity contribution is 14.1. The van der Waals surface area contributed by atoms with Crippen LogP contribution in [0.1, 0.15) is 0 Å². The third-order valence-corrected chi connectivity index (χ3v) is 3.63. The molecule has 0 saturated carbocycles. The number of rotatable bonds is 5. The van der Waals surface area contributed by atoms with E-state index in [0.29, 0.717) is 0 Å². The molecule has 0 fully saturated rings. The summed E-state index contributed by atoms with van der Waals surface area (Å²) in [5.41, 5.74) is 1.71. The number of para-hydroxylation sites is 1. The SMILES string of the molecule is COc1ccc(NCC(=O)Nc2ccccc2I)cc1. The Labute approximate surface area is 131 Å². The summed E-state index contributed by atoms with van der Waals surface area (Å²) in [5, 5.41) is 5.93. The molecule has 0 aliphatic carbocycles. The van der Waals surface area contributed by atoms with Crippen LogP contribution in [0.25, 0.3) is 0 Å². The van der Waals surface area contributed by atoms with E-state index in [1.165, 1.54) is 0 Å². The van der Waals surface area contributed by atoms with Gasteiger partial charge in [0.1, 0.15) is 5.75 Å². The van der Waals surface area contributed by atoms with Crippen LogP contribution in [0.15, 0.2) is 48.5 Å². The van der Waals surface area contributed by atoms with Crippen molar-refractivity contribution in [3.63, 3.8) is 0 Å². The average molecular weight is 382 g/mol. The Morgan fingerprint density at radius 2 is 1.85 bits per heavy atom. The Kier molecular flexibility index (Phi) is 5.23. The topological polar surface area (TPSA) is 50.4 Å². The van der Waals surface area contributed by atoms with E-state index in [0.717, 1.165) is 20.7 Å². The minimum atomic E-state index is -0.0788. The molecular formula is C15H15IN2O2. The van der Waals surface area contributed by atoms with Gasteiger partial charge in [-0.1, -0.05) is 12.1 Å². The Bertz CT molecular complexity index is 585. The molecule has 5 heteroatoms. The molecule has 0 aliphatic rings. The maximum absolute atomic E-state index is 11.9. The molecule has 0 bridgehead atoms. The van der Waals surface area contributed by atoms with Crippen molar-refractivity contribution in [3.8, 4) is 5.75 Å². The van der Waals surface area contributed by atoms with Gasteiger partial charge in [-0.15, -0.1) is 0 Å².